The lowest BCUT2D eigenvalue weighted by molar-refractivity contribution is 0.0529. The van der Waals surface area contributed by atoms with E-state index in [9.17, 15) is 4.79 Å². The van der Waals surface area contributed by atoms with Crippen molar-refractivity contribution in [2.75, 3.05) is 6.54 Å². The van der Waals surface area contributed by atoms with Crippen LogP contribution in [-0.2, 0) is 10.1 Å². The highest BCUT2D eigenvalue weighted by Gasteiger charge is 2.14. The molecular weight excluding hydrogens is 318 g/mol. The molecule has 0 saturated carbocycles. The van der Waals surface area contributed by atoms with Gasteiger partial charge in [-0.3, -0.25) is 0 Å². The van der Waals surface area contributed by atoms with Crippen LogP contribution in [0.15, 0.2) is 30.3 Å². The van der Waals surface area contributed by atoms with Gasteiger partial charge in [0.1, 0.15) is 5.60 Å². The Kier molecular flexibility index (Phi) is 6.79. The average molecular weight is 340 g/mol. The standard InChI is InChI=1S/C16H22BrNO2/c1-16(2,3)20-15(19)18-10-5-4-7-13-8-6-9-14(11-13)12-17/h4,6-9,11H,5,10,12H2,1-3H3,(H,18,19). The zero-order chi connectivity index (χ0) is 15.0. The maximum absolute atomic E-state index is 11.4. The van der Waals surface area contributed by atoms with Crippen LogP contribution in [0.3, 0.4) is 0 Å². The Morgan fingerprint density at radius 1 is 1.40 bits per heavy atom. The number of carbonyl (C=O) groups is 1. The van der Waals surface area contributed by atoms with Gasteiger partial charge in [-0.15, -0.1) is 0 Å². The van der Waals surface area contributed by atoms with E-state index in [1.54, 1.807) is 0 Å². The number of amides is 1. The Balaban J connectivity index is 2.30. The number of hydrogen-bond donors (Lipinski definition) is 1. The fourth-order valence-electron chi connectivity index (χ4n) is 1.57. The summed E-state index contributed by atoms with van der Waals surface area (Å²) in [4.78, 5) is 11.4. The summed E-state index contributed by atoms with van der Waals surface area (Å²) in [6.07, 6.45) is 4.51. The third-order valence-corrected chi connectivity index (χ3v) is 3.04. The van der Waals surface area contributed by atoms with Gasteiger partial charge in [0.25, 0.3) is 0 Å². The van der Waals surface area contributed by atoms with Gasteiger partial charge in [0.2, 0.25) is 0 Å². The molecule has 4 heteroatoms. The summed E-state index contributed by atoms with van der Waals surface area (Å²) in [6, 6.07) is 8.31. The first kappa shape index (κ1) is 16.8. The molecule has 1 rings (SSSR count). The number of hydrogen-bond acceptors (Lipinski definition) is 2. The van der Waals surface area contributed by atoms with Crippen LogP contribution in [0.4, 0.5) is 4.79 Å². The predicted molar refractivity (Wildman–Crippen MR) is 87.0 cm³/mol. The summed E-state index contributed by atoms with van der Waals surface area (Å²) >= 11 is 3.44. The molecule has 0 saturated heterocycles. The maximum Gasteiger partial charge on any atom is 0.407 e. The fourth-order valence-corrected chi connectivity index (χ4v) is 1.92. The molecule has 110 valence electrons. The van der Waals surface area contributed by atoms with Gasteiger partial charge in [-0.25, -0.2) is 4.79 Å². The molecule has 1 amide bonds. The molecule has 0 aliphatic heterocycles. The van der Waals surface area contributed by atoms with Crippen molar-refractivity contribution < 1.29 is 9.53 Å². The van der Waals surface area contributed by atoms with Crippen molar-refractivity contribution in [3.63, 3.8) is 0 Å². The summed E-state index contributed by atoms with van der Waals surface area (Å²) in [5.74, 6) is 0. The number of benzene rings is 1. The van der Waals surface area contributed by atoms with Crippen LogP contribution < -0.4 is 5.32 Å². The Hall–Kier alpha value is -1.29. The normalized spacial score (nSPS) is 11.6. The summed E-state index contributed by atoms with van der Waals surface area (Å²) < 4.78 is 5.15. The second-order valence-electron chi connectivity index (χ2n) is 5.50. The number of nitrogens with one attached hydrogen (secondary N) is 1. The number of halogens is 1. The van der Waals surface area contributed by atoms with Crippen molar-refractivity contribution in [2.45, 2.75) is 38.1 Å². The van der Waals surface area contributed by atoms with E-state index in [0.29, 0.717) is 6.54 Å². The minimum Gasteiger partial charge on any atom is -0.444 e. The molecule has 1 N–H and O–H groups in total. The van der Waals surface area contributed by atoms with Crippen molar-refractivity contribution in [3.05, 3.63) is 41.5 Å². The minimum atomic E-state index is -0.448. The second-order valence-corrected chi connectivity index (χ2v) is 6.06. The van der Waals surface area contributed by atoms with Crippen molar-refractivity contribution in [2.24, 2.45) is 0 Å². The van der Waals surface area contributed by atoms with Crippen molar-refractivity contribution in [1.29, 1.82) is 0 Å². The number of alkyl halides is 1. The zero-order valence-electron chi connectivity index (χ0n) is 12.3. The van der Waals surface area contributed by atoms with E-state index >= 15 is 0 Å². The predicted octanol–water partition coefficient (Wildman–Crippen LogP) is 4.51. The van der Waals surface area contributed by atoms with Gasteiger partial charge in [-0.1, -0.05) is 52.3 Å². The van der Waals surface area contributed by atoms with Crippen molar-refractivity contribution in [1.82, 2.24) is 5.32 Å². The molecule has 0 radical (unpaired) electrons. The molecule has 0 fully saturated rings. The van der Waals surface area contributed by atoms with Crippen LogP contribution in [0.25, 0.3) is 6.08 Å². The van der Waals surface area contributed by atoms with E-state index in [-0.39, 0.29) is 6.09 Å². The van der Waals surface area contributed by atoms with Crippen LogP contribution in [-0.4, -0.2) is 18.2 Å². The Morgan fingerprint density at radius 2 is 2.15 bits per heavy atom. The van der Waals surface area contributed by atoms with Gasteiger partial charge in [0.05, 0.1) is 0 Å². The summed E-state index contributed by atoms with van der Waals surface area (Å²) in [6.45, 7) is 6.12. The molecular formula is C16H22BrNO2. The zero-order valence-corrected chi connectivity index (χ0v) is 13.9. The molecule has 0 atom stereocenters. The number of ether oxygens (including phenoxy) is 1. The van der Waals surface area contributed by atoms with Gasteiger partial charge in [0.15, 0.2) is 0 Å². The average Bonchev–Trinajstić information content (AvgIpc) is 2.36. The smallest absolute Gasteiger partial charge is 0.407 e. The Labute approximate surface area is 129 Å². The summed E-state index contributed by atoms with van der Waals surface area (Å²) in [7, 11) is 0. The highest BCUT2D eigenvalue weighted by Crippen LogP contribution is 2.10. The van der Waals surface area contributed by atoms with Crippen molar-refractivity contribution >= 4 is 28.1 Å². The van der Waals surface area contributed by atoms with Crippen LogP contribution in [0, 0.1) is 0 Å². The molecule has 1 aromatic rings. The van der Waals surface area contributed by atoms with Gasteiger partial charge in [0, 0.05) is 11.9 Å². The number of rotatable bonds is 5. The molecule has 0 aliphatic carbocycles. The van der Waals surface area contributed by atoms with Gasteiger partial charge < -0.3 is 10.1 Å². The highest BCUT2D eigenvalue weighted by molar-refractivity contribution is 9.08. The SMILES string of the molecule is CC(C)(C)OC(=O)NCCC=Cc1cccc(CBr)c1. The molecule has 0 spiro atoms. The van der Waals surface area contributed by atoms with Crippen LogP contribution in [0.2, 0.25) is 0 Å². The lowest BCUT2D eigenvalue weighted by Crippen LogP contribution is -2.32. The van der Waals surface area contributed by atoms with E-state index in [1.807, 2.05) is 32.9 Å². The topological polar surface area (TPSA) is 38.3 Å². The monoisotopic (exact) mass is 339 g/mol. The van der Waals surface area contributed by atoms with E-state index < -0.39 is 5.60 Å². The minimum absolute atomic E-state index is 0.368. The largest absolute Gasteiger partial charge is 0.444 e. The second kappa shape index (κ2) is 8.10. The van der Waals surface area contributed by atoms with Gasteiger partial charge in [-0.05, 0) is 38.3 Å². The highest BCUT2D eigenvalue weighted by atomic mass is 79.9. The molecule has 0 heterocycles. The van der Waals surface area contributed by atoms with E-state index in [1.165, 1.54) is 11.1 Å². The first-order valence-corrected chi connectivity index (χ1v) is 7.81. The molecule has 0 aliphatic rings. The van der Waals surface area contributed by atoms with Gasteiger partial charge >= 0.3 is 6.09 Å². The van der Waals surface area contributed by atoms with Crippen LogP contribution >= 0.6 is 15.9 Å². The Bertz CT molecular complexity index is 464. The van der Waals surface area contributed by atoms with Crippen LogP contribution in [0.1, 0.15) is 38.3 Å². The fraction of sp³-hybridized carbons (Fsp3) is 0.438. The lowest BCUT2D eigenvalue weighted by atomic mass is 10.1. The first-order valence-electron chi connectivity index (χ1n) is 6.69. The molecule has 0 unspecified atom stereocenters. The lowest BCUT2D eigenvalue weighted by Gasteiger charge is -2.19. The number of alkyl carbamates (subject to hydrolysis) is 1. The molecule has 0 aromatic heterocycles. The summed E-state index contributed by atoms with van der Waals surface area (Å²) in [5, 5.41) is 3.58. The molecule has 0 bridgehead atoms. The van der Waals surface area contributed by atoms with E-state index in [4.69, 9.17) is 4.74 Å². The van der Waals surface area contributed by atoms with E-state index in [2.05, 4.69) is 45.5 Å². The first-order chi connectivity index (χ1) is 9.40. The molecule has 1 aromatic carbocycles. The van der Waals surface area contributed by atoms with Gasteiger partial charge in [-0.2, -0.15) is 0 Å². The quantitative estimate of drug-likeness (QED) is 0.633. The molecule has 3 nitrogen and oxygen atoms in total. The number of carbonyl (C=O) groups excluding carboxylic acids is 1. The van der Waals surface area contributed by atoms with E-state index in [0.717, 1.165) is 11.8 Å². The van der Waals surface area contributed by atoms with Crippen molar-refractivity contribution in [3.8, 4) is 0 Å². The molecule has 20 heavy (non-hydrogen) atoms. The third kappa shape index (κ3) is 7.34. The third-order valence-electron chi connectivity index (χ3n) is 2.39. The van der Waals surface area contributed by atoms with Crippen LogP contribution in [0.5, 0.6) is 0 Å². The summed E-state index contributed by atoms with van der Waals surface area (Å²) in [5.41, 5.74) is 1.97. The maximum atomic E-state index is 11.4. The Morgan fingerprint density at radius 3 is 2.80 bits per heavy atom.